The Kier molecular flexibility index (Phi) is 5.52. The molecule has 0 saturated heterocycles. The van der Waals surface area contributed by atoms with Gasteiger partial charge in [-0.2, -0.15) is 0 Å². The summed E-state index contributed by atoms with van der Waals surface area (Å²) < 4.78 is 0. The first-order chi connectivity index (χ1) is 12.7. The molecule has 0 saturated carbocycles. The van der Waals surface area contributed by atoms with Gasteiger partial charge < -0.3 is 10.2 Å². The van der Waals surface area contributed by atoms with Crippen LogP contribution in [0.5, 0.6) is 0 Å². The lowest BCUT2D eigenvalue weighted by atomic mass is 9.87. The van der Waals surface area contributed by atoms with Gasteiger partial charge in [-0.3, -0.25) is 0 Å². The topological polar surface area (TPSA) is 40.5 Å². The van der Waals surface area contributed by atoms with Crippen LogP contribution in [0.2, 0.25) is 0 Å². The fourth-order valence-electron chi connectivity index (χ4n) is 2.55. The van der Waals surface area contributed by atoms with Crippen molar-refractivity contribution in [2.45, 2.75) is 11.7 Å². The second-order valence-corrected chi connectivity index (χ2v) is 5.75. The van der Waals surface area contributed by atoms with Gasteiger partial charge in [0.05, 0.1) is 0 Å². The van der Waals surface area contributed by atoms with E-state index in [9.17, 15) is 10.2 Å². The molecule has 0 radical (unpaired) electrons. The third-order valence-electron chi connectivity index (χ3n) is 3.90. The lowest BCUT2D eigenvalue weighted by Crippen LogP contribution is -2.25. The first-order valence-electron chi connectivity index (χ1n) is 8.29. The number of hydrogen-bond donors (Lipinski definition) is 2. The van der Waals surface area contributed by atoms with Crippen LogP contribution in [0.4, 0.5) is 0 Å². The zero-order chi connectivity index (χ0) is 18.2. The van der Waals surface area contributed by atoms with E-state index < -0.39 is 11.7 Å². The molecule has 2 N–H and O–H groups in total. The van der Waals surface area contributed by atoms with E-state index in [1.54, 1.807) is 0 Å². The van der Waals surface area contributed by atoms with E-state index in [0.29, 0.717) is 11.1 Å². The number of aliphatic hydroxyl groups excluding tert-OH is 1. The predicted octanol–water partition coefficient (Wildman–Crippen LogP) is 3.34. The molecule has 2 heteroatoms. The zero-order valence-corrected chi connectivity index (χ0v) is 14.1. The molecule has 3 aromatic rings. The van der Waals surface area contributed by atoms with Gasteiger partial charge in [0.1, 0.15) is 0 Å². The quantitative estimate of drug-likeness (QED) is 0.704. The molecule has 1 atom stereocenters. The molecule has 26 heavy (non-hydrogen) atoms. The van der Waals surface area contributed by atoms with E-state index in [1.807, 2.05) is 91.0 Å². The van der Waals surface area contributed by atoms with Crippen LogP contribution in [-0.2, 0) is 5.60 Å². The fraction of sp³-hybridized carbons (Fsp3) is 0.0833. The van der Waals surface area contributed by atoms with Gasteiger partial charge in [0.15, 0.2) is 11.7 Å². The second kappa shape index (κ2) is 8.19. The van der Waals surface area contributed by atoms with E-state index in [1.165, 1.54) is 0 Å². The summed E-state index contributed by atoms with van der Waals surface area (Å²) in [5, 5.41) is 21.4. The van der Waals surface area contributed by atoms with E-state index in [4.69, 9.17) is 0 Å². The molecule has 0 aliphatic heterocycles. The van der Waals surface area contributed by atoms with Gasteiger partial charge in [-0.15, -0.1) is 0 Å². The highest BCUT2D eigenvalue weighted by atomic mass is 16.3. The van der Waals surface area contributed by atoms with Gasteiger partial charge in [-0.1, -0.05) is 103 Å². The number of benzene rings is 3. The molecule has 3 rings (SSSR count). The van der Waals surface area contributed by atoms with Crippen LogP contribution in [0.3, 0.4) is 0 Å². The predicted molar refractivity (Wildman–Crippen MR) is 103 cm³/mol. The summed E-state index contributed by atoms with van der Waals surface area (Å²) in [6, 6.07) is 27.7. The molecular weight excluding hydrogens is 320 g/mol. The van der Waals surface area contributed by atoms with Crippen LogP contribution in [-0.4, -0.2) is 16.3 Å². The average molecular weight is 338 g/mol. The normalized spacial score (nSPS) is 11.5. The van der Waals surface area contributed by atoms with Crippen LogP contribution in [0.15, 0.2) is 91.0 Å². The molecule has 0 fully saturated rings. The highest BCUT2D eigenvalue weighted by Gasteiger charge is 2.29. The Balaban J connectivity index is 1.93. The molecule has 0 heterocycles. The Morgan fingerprint density at radius 1 is 0.654 bits per heavy atom. The van der Waals surface area contributed by atoms with Gasteiger partial charge in [-0.25, -0.2) is 0 Å². The van der Waals surface area contributed by atoms with Crippen LogP contribution >= 0.6 is 0 Å². The van der Waals surface area contributed by atoms with Crippen molar-refractivity contribution in [2.75, 3.05) is 0 Å². The smallest absolute Gasteiger partial charge is 0.177 e. The fourth-order valence-corrected chi connectivity index (χ4v) is 2.55. The van der Waals surface area contributed by atoms with Crippen LogP contribution < -0.4 is 0 Å². The minimum Gasteiger partial charge on any atom is -0.369 e. The Labute approximate surface area is 153 Å². The molecule has 126 valence electrons. The minimum absolute atomic E-state index is 0.641. The van der Waals surface area contributed by atoms with Gasteiger partial charge in [-0.05, 0) is 12.1 Å². The molecule has 0 bridgehead atoms. The Morgan fingerprint density at radius 3 is 1.62 bits per heavy atom. The second-order valence-electron chi connectivity index (χ2n) is 5.75. The average Bonchev–Trinajstić information content (AvgIpc) is 2.72. The van der Waals surface area contributed by atoms with Crippen molar-refractivity contribution < 1.29 is 10.2 Å². The highest BCUT2D eigenvalue weighted by molar-refractivity contribution is 5.45. The van der Waals surface area contributed by atoms with Gasteiger partial charge >= 0.3 is 0 Å². The summed E-state index contributed by atoms with van der Waals surface area (Å²) in [5.41, 5.74) is 0.566. The molecule has 0 unspecified atom stereocenters. The maximum Gasteiger partial charge on any atom is 0.177 e. The molecule has 0 aromatic heterocycles. The maximum absolute atomic E-state index is 11.3. The summed E-state index contributed by atoms with van der Waals surface area (Å²) in [5.74, 6) is 11.1. The van der Waals surface area contributed by atoms with Crippen molar-refractivity contribution in [1.29, 1.82) is 0 Å². The summed E-state index contributed by atoms with van der Waals surface area (Å²) in [4.78, 5) is 0. The van der Waals surface area contributed by atoms with E-state index in [0.717, 1.165) is 5.56 Å². The number of hydrogen-bond acceptors (Lipinski definition) is 2. The third-order valence-corrected chi connectivity index (χ3v) is 3.90. The van der Waals surface area contributed by atoms with E-state index in [-0.39, 0.29) is 0 Å². The molecule has 0 aliphatic carbocycles. The van der Waals surface area contributed by atoms with E-state index in [2.05, 4.69) is 23.7 Å². The molecule has 0 spiro atoms. The minimum atomic E-state index is -1.52. The summed E-state index contributed by atoms with van der Waals surface area (Å²) in [6.45, 7) is 0. The molecular formula is C24H18O2. The van der Waals surface area contributed by atoms with Crippen molar-refractivity contribution in [3.05, 3.63) is 108 Å². The number of rotatable bonds is 2. The van der Waals surface area contributed by atoms with Gasteiger partial charge in [0.25, 0.3) is 0 Å². The highest BCUT2D eigenvalue weighted by Crippen LogP contribution is 2.28. The summed E-state index contributed by atoms with van der Waals surface area (Å²) in [7, 11) is 0. The third kappa shape index (κ3) is 4.21. The van der Waals surface area contributed by atoms with Crippen molar-refractivity contribution in [2.24, 2.45) is 0 Å². The van der Waals surface area contributed by atoms with Gasteiger partial charge in [0.2, 0.25) is 0 Å². The molecule has 3 aromatic carbocycles. The SMILES string of the molecule is O[C@H](C#Cc1ccccc1)C#CC(O)(c1ccccc1)c1ccccc1. The lowest BCUT2D eigenvalue weighted by Gasteiger charge is -2.23. The van der Waals surface area contributed by atoms with Crippen molar-refractivity contribution in [1.82, 2.24) is 0 Å². The largest absolute Gasteiger partial charge is 0.369 e. The van der Waals surface area contributed by atoms with Crippen LogP contribution in [0.25, 0.3) is 0 Å². The number of aliphatic hydroxyl groups is 2. The Bertz CT molecular complexity index is 916. The first kappa shape index (κ1) is 17.5. The first-order valence-corrected chi connectivity index (χ1v) is 8.29. The van der Waals surface area contributed by atoms with Crippen LogP contribution in [0, 0.1) is 23.7 Å². The monoisotopic (exact) mass is 338 g/mol. The zero-order valence-electron chi connectivity index (χ0n) is 14.1. The van der Waals surface area contributed by atoms with Crippen LogP contribution in [0.1, 0.15) is 16.7 Å². The van der Waals surface area contributed by atoms with Crippen molar-refractivity contribution >= 4 is 0 Å². The summed E-state index contributed by atoms with van der Waals surface area (Å²) >= 11 is 0. The summed E-state index contributed by atoms with van der Waals surface area (Å²) in [6.07, 6.45) is -1.16. The lowest BCUT2D eigenvalue weighted by molar-refractivity contribution is 0.144. The van der Waals surface area contributed by atoms with Crippen molar-refractivity contribution in [3.8, 4) is 23.7 Å². The molecule has 2 nitrogen and oxygen atoms in total. The standard InChI is InChI=1S/C24H18O2/c25-23(17-16-20-10-4-1-5-11-20)18-19-24(26,21-12-6-2-7-13-21)22-14-8-3-9-15-22/h1-15,23,25-26H/t23-/m1/s1. The van der Waals surface area contributed by atoms with Crippen molar-refractivity contribution in [3.63, 3.8) is 0 Å². The Hall–Kier alpha value is -3.30. The van der Waals surface area contributed by atoms with E-state index >= 15 is 0 Å². The maximum atomic E-state index is 11.3. The molecule has 0 aliphatic rings. The van der Waals surface area contributed by atoms with Gasteiger partial charge in [0, 0.05) is 16.7 Å². The molecule has 0 amide bonds. The Morgan fingerprint density at radius 2 is 1.12 bits per heavy atom.